The van der Waals surface area contributed by atoms with Crippen molar-refractivity contribution in [1.82, 2.24) is 0 Å². The first-order valence-corrected chi connectivity index (χ1v) is 22.0. The van der Waals surface area contributed by atoms with Gasteiger partial charge < -0.3 is 11.5 Å². The van der Waals surface area contributed by atoms with Gasteiger partial charge in [0.15, 0.2) is 19.7 Å². The second-order valence-electron chi connectivity index (χ2n) is 9.68. The predicted octanol–water partition coefficient (Wildman–Crippen LogP) is 1.36. The lowest BCUT2D eigenvalue weighted by molar-refractivity contribution is 0.282. The minimum absolute atomic E-state index is 0.210. The molecule has 52 heavy (non-hydrogen) atoms. The highest BCUT2D eigenvalue weighted by Gasteiger charge is 2.25. The number of hydrogen-bond acceptors (Lipinski definition) is 20. The van der Waals surface area contributed by atoms with Crippen molar-refractivity contribution in [1.29, 1.82) is 0 Å². The Morgan fingerprint density at radius 2 is 0.885 bits per heavy atom. The molecule has 0 aromatic heterocycles. The number of nitrogen functional groups attached to an aromatic ring is 2. The van der Waals surface area contributed by atoms with E-state index < -0.39 is 128 Å². The Balaban J connectivity index is 2.00. The van der Waals surface area contributed by atoms with Crippen LogP contribution in [0.2, 0.25) is 0 Å². The third kappa shape index (κ3) is 11.7. The molecule has 286 valence electrons. The van der Waals surface area contributed by atoms with Crippen LogP contribution in [0.4, 0.5) is 34.1 Å². The molecule has 0 saturated carbocycles. The summed E-state index contributed by atoms with van der Waals surface area (Å²) in [6, 6.07) is 6.48. The number of sulfone groups is 2. The molecule has 0 bridgehead atoms. The van der Waals surface area contributed by atoms with E-state index in [1.54, 1.807) is 0 Å². The molecule has 0 fully saturated rings. The average Bonchev–Trinajstić information content (AvgIpc) is 2.98. The third-order valence-electron chi connectivity index (χ3n) is 6.05. The van der Waals surface area contributed by atoms with Crippen LogP contribution in [0.3, 0.4) is 0 Å². The van der Waals surface area contributed by atoms with E-state index in [2.05, 4.69) is 28.8 Å². The van der Waals surface area contributed by atoms with Gasteiger partial charge in [-0.15, -0.1) is 20.5 Å². The van der Waals surface area contributed by atoms with Crippen molar-refractivity contribution in [3.8, 4) is 0 Å². The quantitative estimate of drug-likeness (QED) is 0.0673. The second kappa shape index (κ2) is 15.5. The van der Waals surface area contributed by atoms with E-state index >= 15 is 0 Å². The third-order valence-corrected chi connectivity index (χ3v) is 12.1. The molecule has 0 saturated heterocycles. The molecule has 3 aromatic rings. The molecule has 0 atom stereocenters. The van der Waals surface area contributed by atoms with Crippen LogP contribution in [0, 0.1) is 0 Å². The van der Waals surface area contributed by atoms with Gasteiger partial charge in [-0.3, -0.25) is 18.2 Å². The van der Waals surface area contributed by atoms with Crippen molar-refractivity contribution in [3.63, 3.8) is 0 Å². The van der Waals surface area contributed by atoms with Crippen LogP contribution in [0.1, 0.15) is 0 Å². The first-order valence-electron chi connectivity index (χ1n) is 13.0. The van der Waals surface area contributed by atoms with Gasteiger partial charge in [0.05, 0.1) is 45.9 Å². The molecule has 8 N–H and O–H groups in total. The maximum atomic E-state index is 12.5. The Kier molecular flexibility index (Phi) is 12.6. The molecule has 0 radical (unpaired) electrons. The fourth-order valence-corrected chi connectivity index (χ4v) is 8.18. The lowest BCUT2D eigenvalue weighted by Crippen LogP contribution is -2.16. The molecular formula is C22H24N6O18S6. The molecule has 0 aliphatic heterocycles. The number of hydrogen-bond donors (Lipinski definition) is 6. The van der Waals surface area contributed by atoms with Crippen LogP contribution in [-0.4, -0.2) is 93.4 Å². The van der Waals surface area contributed by atoms with Gasteiger partial charge in [-0.25, -0.2) is 25.2 Å². The van der Waals surface area contributed by atoms with Crippen LogP contribution < -0.4 is 11.5 Å². The van der Waals surface area contributed by atoms with E-state index in [0.29, 0.717) is 12.1 Å². The van der Waals surface area contributed by atoms with Crippen molar-refractivity contribution in [2.45, 2.75) is 19.6 Å². The van der Waals surface area contributed by atoms with Crippen molar-refractivity contribution >= 4 is 94.8 Å². The Morgan fingerprint density at radius 3 is 1.27 bits per heavy atom. The average molecular weight is 853 g/mol. The zero-order valence-corrected chi connectivity index (χ0v) is 30.2. The van der Waals surface area contributed by atoms with E-state index in [1.807, 2.05) is 0 Å². The normalized spacial score (nSPS) is 13.6. The molecule has 0 heterocycles. The fourth-order valence-electron chi connectivity index (χ4n) is 3.71. The van der Waals surface area contributed by atoms with Gasteiger partial charge >= 0.3 is 20.8 Å². The Morgan fingerprint density at radius 1 is 0.519 bits per heavy atom. The summed E-state index contributed by atoms with van der Waals surface area (Å²) in [5.74, 6) is -2.08. The largest absolute Gasteiger partial charge is 0.397 e. The molecule has 0 unspecified atom stereocenters. The van der Waals surface area contributed by atoms with Crippen LogP contribution in [0.15, 0.2) is 88.6 Å². The monoisotopic (exact) mass is 852 g/mol. The van der Waals surface area contributed by atoms with Gasteiger partial charge in [-0.05, 0) is 48.5 Å². The number of benzene rings is 3. The van der Waals surface area contributed by atoms with E-state index in [4.69, 9.17) is 20.6 Å². The van der Waals surface area contributed by atoms with E-state index in [1.165, 1.54) is 0 Å². The Labute approximate surface area is 295 Å². The SMILES string of the molecule is Nc1ccc(/N=N/c2ccc(S(=O)(=O)CCOS(=O)(=O)O)cc2S(=O)(=O)O)c(N)c1/N=N/c1ccc(S(=O)(=O)CCOS(=O)(=O)O)cc1S(=O)(=O)O. The maximum absolute atomic E-state index is 12.5. The first-order chi connectivity index (χ1) is 23.6. The lowest BCUT2D eigenvalue weighted by Gasteiger charge is -2.09. The summed E-state index contributed by atoms with van der Waals surface area (Å²) < 4.78 is 186. The van der Waals surface area contributed by atoms with Crippen LogP contribution >= 0.6 is 0 Å². The molecular weight excluding hydrogens is 829 g/mol. The zero-order chi connectivity index (χ0) is 39.5. The second-order valence-corrected chi connectivity index (χ2v) is 18.9. The molecule has 3 aromatic carbocycles. The van der Waals surface area contributed by atoms with Gasteiger partial charge in [0.1, 0.15) is 32.5 Å². The summed E-state index contributed by atoms with van der Waals surface area (Å²) in [4.78, 5) is -3.62. The smallest absolute Gasteiger partial charge is 0.397 e. The summed E-state index contributed by atoms with van der Waals surface area (Å²) in [5, 5.41) is 14.8. The van der Waals surface area contributed by atoms with Crippen molar-refractivity contribution in [2.24, 2.45) is 20.5 Å². The Hall–Kier alpha value is -4.08. The molecule has 0 aliphatic carbocycles. The zero-order valence-electron chi connectivity index (χ0n) is 25.3. The number of anilines is 2. The summed E-state index contributed by atoms with van der Waals surface area (Å²) in [5.41, 5.74) is 9.32. The van der Waals surface area contributed by atoms with Gasteiger partial charge in [0.25, 0.3) is 20.2 Å². The topological polar surface area (TPSA) is 406 Å². The standard InChI is InChI=1S/C22H24N6O18S6/c23-15-3-6-18(27-25-16-4-1-13(11-19(16)49(33,34)35)47(29,30)9-7-45-51(39,40)41)21(24)22(15)28-26-17-5-2-14(12-20(17)50(36,37)38)48(31,32)10-8-46-52(42,43)44/h1-6,11-12H,7-10,23-24H2,(H,33,34,35)(H,36,37,38)(H,39,40,41)(H,42,43,44)/b27-25+,28-26+. The number of nitrogens with zero attached hydrogens (tertiary/aromatic N) is 4. The Bertz CT molecular complexity index is 2630. The van der Waals surface area contributed by atoms with Gasteiger partial charge in [-0.2, -0.15) is 33.7 Å². The van der Waals surface area contributed by atoms with E-state index in [-0.39, 0.29) is 11.4 Å². The summed E-state index contributed by atoms with van der Waals surface area (Å²) >= 11 is 0. The molecule has 24 nitrogen and oxygen atoms in total. The van der Waals surface area contributed by atoms with Crippen LogP contribution in [0.5, 0.6) is 0 Å². The summed E-state index contributed by atoms with van der Waals surface area (Å²) in [6.45, 7) is -2.08. The van der Waals surface area contributed by atoms with Crippen LogP contribution in [-0.2, 0) is 69.1 Å². The van der Waals surface area contributed by atoms with Crippen molar-refractivity contribution in [3.05, 3.63) is 48.5 Å². The molecule has 0 spiro atoms. The molecule has 30 heteroatoms. The van der Waals surface area contributed by atoms with Crippen molar-refractivity contribution < 1.29 is 77.1 Å². The molecule has 0 aliphatic rings. The van der Waals surface area contributed by atoms with Crippen LogP contribution in [0.25, 0.3) is 0 Å². The van der Waals surface area contributed by atoms with Gasteiger partial charge in [0.2, 0.25) is 0 Å². The highest BCUT2D eigenvalue weighted by atomic mass is 32.3. The highest BCUT2D eigenvalue weighted by Crippen LogP contribution is 2.40. The first kappa shape index (κ1) is 42.3. The number of rotatable bonds is 16. The van der Waals surface area contributed by atoms with E-state index in [9.17, 15) is 59.6 Å². The minimum atomic E-state index is -5.20. The van der Waals surface area contributed by atoms with Crippen molar-refractivity contribution in [2.75, 3.05) is 36.2 Å². The number of azo groups is 2. The van der Waals surface area contributed by atoms with Gasteiger partial charge in [-0.1, -0.05) is 0 Å². The lowest BCUT2D eigenvalue weighted by atomic mass is 10.2. The molecule has 0 amide bonds. The predicted molar refractivity (Wildman–Crippen MR) is 175 cm³/mol. The van der Waals surface area contributed by atoms with Gasteiger partial charge in [0, 0.05) is 0 Å². The van der Waals surface area contributed by atoms with E-state index in [0.717, 1.165) is 36.4 Å². The minimum Gasteiger partial charge on any atom is -0.397 e. The fraction of sp³-hybridized carbons (Fsp3) is 0.182. The summed E-state index contributed by atoms with van der Waals surface area (Å²) in [7, 11) is -29.3. The highest BCUT2D eigenvalue weighted by molar-refractivity contribution is 7.92. The molecule has 3 rings (SSSR count). The number of nitrogens with two attached hydrogens (primary N) is 2. The maximum Gasteiger partial charge on any atom is 0.397 e. The summed E-state index contributed by atoms with van der Waals surface area (Å²) in [6.07, 6.45) is 0.